The third-order valence-corrected chi connectivity index (χ3v) is 6.11. The number of carboxylic acids is 1. The molecule has 2 N–H and O–H groups in total. The van der Waals surface area contributed by atoms with Crippen LogP contribution < -0.4 is 5.32 Å². The molecule has 8 nitrogen and oxygen atoms in total. The number of carboxylic acid groups (broad SMARTS) is 1. The van der Waals surface area contributed by atoms with Crippen molar-refractivity contribution >= 4 is 46.9 Å². The van der Waals surface area contributed by atoms with Crippen molar-refractivity contribution in [3.63, 3.8) is 0 Å². The minimum Gasteiger partial charge on any atom is -0.477 e. The smallest absolute Gasteiger partial charge is 0.352 e. The number of nitrogens with zero attached hydrogens (tertiary/aromatic N) is 1. The summed E-state index contributed by atoms with van der Waals surface area (Å²) in [5.74, 6) is -2.22. The Bertz CT molecular complexity index is 846. The highest BCUT2D eigenvalue weighted by molar-refractivity contribution is 8.00. The topological polar surface area (TPSA) is 113 Å². The molecule has 2 amide bonds. The minimum absolute atomic E-state index is 0.157. The third kappa shape index (κ3) is 4.06. The summed E-state index contributed by atoms with van der Waals surface area (Å²) in [4.78, 5) is 49.1. The van der Waals surface area contributed by atoms with Gasteiger partial charge in [-0.3, -0.25) is 19.3 Å². The molecule has 142 valence electrons. The lowest BCUT2D eigenvalue weighted by molar-refractivity contribution is -0.150. The molecule has 0 spiro atoms. The van der Waals surface area contributed by atoms with Gasteiger partial charge in [0, 0.05) is 17.6 Å². The number of allylic oxidation sites excluding steroid dienone is 1. The van der Waals surface area contributed by atoms with Crippen LogP contribution in [-0.4, -0.2) is 50.9 Å². The van der Waals surface area contributed by atoms with E-state index in [0.29, 0.717) is 11.3 Å². The Kier molecular flexibility index (Phi) is 5.66. The molecular weight excluding hydrogens is 392 g/mol. The third-order valence-electron chi connectivity index (χ3n) is 3.93. The van der Waals surface area contributed by atoms with E-state index in [1.807, 2.05) is 17.5 Å². The zero-order valence-corrected chi connectivity index (χ0v) is 15.8. The van der Waals surface area contributed by atoms with Gasteiger partial charge in [-0.25, -0.2) is 4.79 Å². The molecule has 3 heterocycles. The van der Waals surface area contributed by atoms with E-state index in [1.54, 1.807) is 0 Å². The molecule has 0 radical (unpaired) electrons. The van der Waals surface area contributed by atoms with E-state index in [-0.39, 0.29) is 18.0 Å². The van der Waals surface area contributed by atoms with Gasteiger partial charge in [-0.05, 0) is 23.1 Å². The molecule has 1 saturated heterocycles. The fourth-order valence-electron chi connectivity index (χ4n) is 2.78. The fourth-order valence-corrected chi connectivity index (χ4v) is 4.80. The fraction of sp³-hybridized carbons (Fsp3) is 0.294. The van der Waals surface area contributed by atoms with Gasteiger partial charge in [-0.1, -0.05) is 6.07 Å². The van der Waals surface area contributed by atoms with E-state index in [1.165, 1.54) is 41.0 Å². The van der Waals surface area contributed by atoms with Crippen molar-refractivity contribution in [2.45, 2.75) is 24.8 Å². The Morgan fingerprint density at radius 2 is 2.22 bits per heavy atom. The first-order valence-electron chi connectivity index (χ1n) is 7.95. The van der Waals surface area contributed by atoms with Crippen LogP contribution in [0.2, 0.25) is 0 Å². The Morgan fingerprint density at radius 3 is 2.85 bits per heavy atom. The maximum atomic E-state index is 12.5. The Hall–Kier alpha value is -2.59. The van der Waals surface area contributed by atoms with Crippen LogP contribution in [0, 0.1) is 0 Å². The Morgan fingerprint density at radius 1 is 1.44 bits per heavy atom. The number of hydrogen-bond donors (Lipinski definition) is 2. The van der Waals surface area contributed by atoms with Crippen molar-refractivity contribution in [3.05, 3.63) is 46.0 Å². The van der Waals surface area contributed by atoms with Gasteiger partial charge in [0.1, 0.15) is 17.1 Å². The highest BCUT2D eigenvalue weighted by Crippen LogP contribution is 2.40. The summed E-state index contributed by atoms with van der Waals surface area (Å²) in [6, 6.07) is 2.92. The summed E-state index contributed by atoms with van der Waals surface area (Å²) in [6.45, 7) is 1.23. The number of carbonyl (C=O) groups excluding carboxylic acids is 3. The average molecular weight is 408 g/mol. The van der Waals surface area contributed by atoms with Crippen molar-refractivity contribution in [3.8, 4) is 0 Å². The van der Waals surface area contributed by atoms with Gasteiger partial charge < -0.3 is 15.2 Å². The Balaban J connectivity index is 1.71. The number of rotatable bonds is 6. The van der Waals surface area contributed by atoms with E-state index in [2.05, 4.69) is 10.1 Å². The van der Waals surface area contributed by atoms with Gasteiger partial charge in [0.15, 0.2) is 0 Å². The van der Waals surface area contributed by atoms with E-state index in [4.69, 9.17) is 0 Å². The van der Waals surface area contributed by atoms with Gasteiger partial charge in [-0.15, -0.1) is 23.1 Å². The van der Waals surface area contributed by atoms with Crippen LogP contribution in [0.25, 0.3) is 0 Å². The number of thioether (sulfide) groups is 1. The summed E-state index contributed by atoms with van der Waals surface area (Å²) >= 11 is 2.79. The SMILES string of the molecule is CC(=O)OC=CC1=C(C(=O)O)N2C(=O)C(NC(=O)Cc3cccs3)C2SC1. The van der Waals surface area contributed by atoms with Crippen molar-refractivity contribution in [1.29, 1.82) is 0 Å². The number of hydrogen-bond acceptors (Lipinski definition) is 7. The van der Waals surface area contributed by atoms with Crippen LogP contribution in [0.1, 0.15) is 11.8 Å². The molecule has 0 bridgehead atoms. The molecule has 0 aromatic carbocycles. The number of carbonyl (C=O) groups is 4. The summed E-state index contributed by atoms with van der Waals surface area (Å²) in [5.41, 5.74) is 0.206. The normalized spacial score (nSPS) is 21.7. The second-order valence-corrected chi connectivity index (χ2v) is 7.94. The molecule has 27 heavy (non-hydrogen) atoms. The van der Waals surface area contributed by atoms with Crippen molar-refractivity contribution in [1.82, 2.24) is 10.2 Å². The minimum atomic E-state index is -1.25. The predicted octanol–water partition coefficient (Wildman–Crippen LogP) is 1.11. The van der Waals surface area contributed by atoms with Crippen molar-refractivity contribution < 1.29 is 29.0 Å². The van der Waals surface area contributed by atoms with Crippen LogP contribution in [0.4, 0.5) is 0 Å². The second kappa shape index (κ2) is 7.97. The molecule has 2 aliphatic rings. The largest absolute Gasteiger partial charge is 0.477 e. The summed E-state index contributed by atoms with van der Waals surface area (Å²) < 4.78 is 4.69. The summed E-state index contributed by atoms with van der Waals surface area (Å²) in [5, 5.41) is 13.6. The zero-order valence-electron chi connectivity index (χ0n) is 14.2. The van der Waals surface area contributed by atoms with E-state index in [9.17, 15) is 24.3 Å². The van der Waals surface area contributed by atoms with Crippen molar-refractivity contribution in [2.75, 3.05) is 5.75 Å². The van der Waals surface area contributed by atoms with Crippen LogP contribution in [0.5, 0.6) is 0 Å². The molecular formula is C17H16N2O6S2. The first-order chi connectivity index (χ1) is 12.9. The zero-order chi connectivity index (χ0) is 19.6. The van der Waals surface area contributed by atoms with Gasteiger partial charge in [0.25, 0.3) is 5.91 Å². The number of fused-ring (bicyclic) bond motifs is 1. The number of ether oxygens (including phenoxy) is 1. The van der Waals surface area contributed by atoms with Crippen LogP contribution in [0.15, 0.2) is 41.1 Å². The van der Waals surface area contributed by atoms with Gasteiger partial charge in [0.05, 0.1) is 12.7 Å². The molecule has 1 aromatic heterocycles. The molecule has 0 aliphatic carbocycles. The maximum absolute atomic E-state index is 12.5. The first kappa shape index (κ1) is 19.2. The molecule has 10 heteroatoms. The lowest BCUT2D eigenvalue weighted by Crippen LogP contribution is -2.70. The second-order valence-electron chi connectivity index (χ2n) is 5.80. The highest BCUT2D eigenvalue weighted by atomic mass is 32.2. The predicted molar refractivity (Wildman–Crippen MR) is 98.6 cm³/mol. The average Bonchev–Trinajstić information content (AvgIpc) is 3.11. The lowest BCUT2D eigenvalue weighted by atomic mass is 10.0. The van der Waals surface area contributed by atoms with Gasteiger partial charge in [0.2, 0.25) is 5.91 Å². The molecule has 1 fully saturated rings. The molecule has 2 atom stereocenters. The quantitative estimate of drug-likeness (QED) is 0.412. The number of esters is 1. The standard InChI is InChI=1S/C17H16N2O6S2/c1-9(20)25-5-4-10-8-27-16-13(15(22)19(16)14(10)17(23)24)18-12(21)7-11-3-2-6-26-11/h2-6,13,16H,7-8H2,1H3,(H,18,21)(H,23,24). The van der Waals surface area contributed by atoms with Crippen molar-refractivity contribution in [2.24, 2.45) is 0 Å². The molecule has 3 rings (SSSR count). The highest BCUT2D eigenvalue weighted by Gasteiger charge is 2.53. The molecule has 0 saturated carbocycles. The summed E-state index contributed by atoms with van der Waals surface area (Å²) in [7, 11) is 0. The van der Waals surface area contributed by atoms with E-state index in [0.717, 1.165) is 11.1 Å². The Labute approximate surface area is 162 Å². The number of amides is 2. The lowest BCUT2D eigenvalue weighted by Gasteiger charge is -2.49. The number of β-lactam (4-membered cyclic amide) rings is 1. The number of nitrogens with one attached hydrogen (secondary N) is 1. The van der Waals surface area contributed by atoms with Crippen LogP contribution >= 0.6 is 23.1 Å². The maximum Gasteiger partial charge on any atom is 0.352 e. The van der Waals surface area contributed by atoms with E-state index < -0.39 is 29.3 Å². The van der Waals surface area contributed by atoms with Crippen LogP contribution in [0.3, 0.4) is 0 Å². The summed E-state index contributed by atoms with van der Waals surface area (Å²) in [6.07, 6.45) is 2.65. The first-order valence-corrected chi connectivity index (χ1v) is 9.88. The molecule has 2 aliphatic heterocycles. The number of thiophene rings is 1. The molecule has 2 unspecified atom stereocenters. The van der Waals surface area contributed by atoms with Crippen LogP contribution in [-0.2, 0) is 30.3 Å². The molecule has 1 aromatic rings. The van der Waals surface area contributed by atoms with Gasteiger partial charge in [-0.2, -0.15) is 0 Å². The number of aliphatic carboxylic acids is 1. The van der Waals surface area contributed by atoms with Gasteiger partial charge >= 0.3 is 11.9 Å². The van der Waals surface area contributed by atoms with E-state index >= 15 is 0 Å². The monoisotopic (exact) mass is 408 g/mol.